The molecule has 0 radical (unpaired) electrons. The Morgan fingerprint density at radius 2 is 1.85 bits per heavy atom. The lowest BCUT2D eigenvalue weighted by atomic mass is 10.1. The average Bonchev–Trinajstić information content (AvgIpc) is 2.43. The molecule has 0 saturated carbocycles. The van der Waals surface area contributed by atoms with Crippen LogP contribution in [0.4, 0.5) is 11.4 Å². The number of nitro groups is 1. The highest BCUT2D eigenvalue weighted by Gasteiger charge is 2.09. The zero-order chi connectivity index (χ0) is 14.7. The van der Waals surface area contributed by atoms with Crippen LogP contribution in [0.25, 0.3) is 0 Å². The third kappa shape index (κ3) is 3.36. The normalized spacial score (nSPS) is 11.9. The number of anilines is 1. The number of hydrogen-bond donors (Lipinski definition) is 1. The molecule has 2 rings (SSSR count). The molecule has 104 valence electrons. The Labute approximate surface area is 126 Å². The summed E-state index contributed by atoms with van der Waals surface area (Å²) in [7, 11) is 0. The second kappa shape index (κ2) is 6.05. The van der Waals surface area contributed by atoms with Crippen LogP contribution in [0.3, 0.4) is 0 Å². The van der Waals surface area contributed by atoms with Crippen molar-refractivity contribution >= 4 is 27.3 Å². The maximum atomic E-state index is 10.6. The summed E-state index contributed by atoms with van der Waals surface area (Å²) in [6.07, 6.45) is 0. The van der Waals surface area contributed by atoms with Gasteiger partial charge in [0.05, 0.1) is 4.92 Å². The van der Waals surface area contributed by atoms with E-state index < -0.39 is 0 Å². The molecule has 1 atom stereocenters. The summed E-state index contributed by atoms with van der Waals surface area (Å²) in [5, 5.41) is 14.0. The Bertz CT molecular complexity index is 626. The molecular formula is C15H15BrN2O2. The SMILES string of the molecule is Cc1ccc(NC(C)c2ccc([N+](=O)[O-])cc2)cc1Br. The molecule has 1 unspecified atom stereocenters. The number of non-ortho nitro benzene ring substituents is 1. The Kier molecular flexibility index (Phi) is 4.39. The molecule has 0 aliphatic rings. The van der Waals surface area contributed by atoms with E-state index in [0.717, 1.165) is 15.7 Å². The summed E-state index contributed by atoms with van der Waals surface area (Å²) >= 11 is 3.50. The van der Waals surface area contributed by atoms with Crippen molar-refractivity contribution in [3.05, 3.63) is 68.2 Å². The van der Waals surface area contributed by atoms with Gasteiger partial charge in [-0.2, -0.15) is 0 Å². The molecular weight excluding hydrogens is 320 g/mol. The number of nitrogens with zero attached hydrogens (tertiary/aromatic N) is 1. The summed E-state index contributed by atoms with van der Waals surface area (Å²) < 4.78 is 1.05. The monoisotopic (exact) mass is 334 g/mol. The van der Waals surface area contributed by atoms with Crippen LogP contribution in [0.2, 0.25) is 0 Å². The number of benzene rings is 2. The summed E-state index contributed by atoms with van der Waals surface area (Å²) in [6.45, 7) is 4.06. The zero-order valence-electron chi connectivity index (χ0n) is 11.3. The van der Waals surface area contributed by atoms with Crippen LogP contribution in [0, 0.1) is 17.0 Å². The van der Waals surface area contributed by atoms with Crippen molar-refractivity contribution in [1.82, 2.24) is 0 Å². The number of aryl methyl sites for hydroxylation is 1. The molecule has 0 heterocycles. The first kappa shape index (κ1) is 14.5. The van der Waals surface area contributed by atoms with Gasteiger partial charge < -0.3 is 5.32 Å². The first-order valence-corrected chi connectivity index (χ1v) is 7.03. The minimum absolute atomic E-state index is 0.0745. The standard InChI is InChI=1S/C15H15BrN2O2/c1-10-3-6-13(9-15(10)16)17-11(2)12-4-7-14(8-5-12)18(19)20/h3-9,11,17H,1-2H3. The first-order chi connectivity index (χ1) is 9.47. The van der Waals surface area contributed by atoms with Gasteiger partial charge >= 0.3 is 0 Å². The third-order valence-corrected chi connectivity index (χ3v) is 4.01. The molecule has 0 fully saturated rings. The molecule has 0 aliphatic carbocycles. The molecule has 1 N–H and O–H groups in total. The van der Waals surface area contributed by atoms with Gasteiger partial charge in [-0.3, -0.25) is 10.1 Å². The van der Waals surface area contributed by atoms with Crippen molar-refractivity contribution in [2.75, 3.05) is 5.32 Å². The topological polar surface area (TPSA) is 55.2 Å². The van der Waals surface area contributed by atoms with Crippen LogP contribution in [-0.2, 0) is 0 Å². The summed E-state index contributed by atoms with van der Waals surface area (Å²) in [5.74, 6) is 0. The van der Waals surface area contributed by atoms with Crippen molar-refractivity contribution in [1.29, 1.82) is 0 Å². The smallest absolute Gasteiger partial charge is 0.269 e. The minimum atomic E-state index is -0.390. The Morgan fingerprint density at radius 3 is 2.40 bits per heavy atom. The fourth-order valence-corrected chi connectivity index (χ4v) is 2.28. The third-order valence-electron chi connectivity index (χ3n) is 3.16. The summed E-state index contributed by atoms with van der Waals surface area (Å²) in [4.78, 5) is 10.2. The van der Waals surface area contributed by atoms with Crippen molar-refractivity contribution in [3.63, 3.8) is 0 Å². The van der Waals surface area contributed by atoms with Crippen LogP contribution >= 0.6 is 15.9 Å². The van der Waals surface area contributed by atoms with E-state index in [9.17, 15) is 10.1 Å². The lowest BCUT2D eigenvalue weighted by Crippen LogP contribution is -2.06. The Balaban J connectivity index is 2.12. The van der Waals surface area contributed by atoms with Gasteiger partial charge in [0, 0.05) is 28.3 Å². The average molecular weight is 335 g/mol. The molecule has 2 aromatic rings. The van der Waals surface area contributed by atoms with E-state index in [4.69, 9.17) is 0 Å². The first-order valence-electron chi connectivity index (χ1n) is 6.24. The molecule has 0 amide bonds. The molecule has 0 aromatic heterocycles. The van der Waals surface area contributed by atoms with E-state index >= 15 is 0 Å². The molecule has 0 saturated heterocycles. The van der Waals surface area contributed by atoms with E-state index in [1.54, 1.807) is 12.1 Å². The highest BCUT2D eigenvalue weighted by atomic mass is 79.9. The lowest BCUT2D eigenvalue weighted by Gasteiger charge is -2.16. The van der Waals surface area contributed by atoms with Gasteiger partial charge in [-0.05, 0) is 37.1 Å². The van der Waals surface area contributed by atoms with Crippen molar-refractivity contribution < 1.29 is 4.92 Å². The Morgan fingerprint density at radius 1 is 1.20 bits per heavy atom. The molecule has 5 heteroatoms. The molecule has 0 bridgehead atoms. The Hall–Kier alpha value is -1.88. The van der Waals surface area contributed by atoms with Gasteiger partial charge in [0.25, 0.3) is 5.69 Å². The van der Waals surface area contributed by atoms with Crippen LogP contribution in [0.1, 0.15) is 24.1 Å². The number of hydrogen-bond acceptors (Lipinski definition) is 3. The van der Waals surface area contributed by atoms with Gasteiger partial charge in [0.15, 0.2) is 0 Å². The largest absolute Gasteiger partial charge is 0.378 e. The molecule has 0 spiro atoms. The van der Waals surface area contributed by atoms with Gasteiger partial charge in [-0.25, -0.2) is 0 Å². The van der Waals surface area contributed by atoms with E-state index in [0.29, 0.717) is 0 Å². The van der Waals surface area contributed by atoms with Crippen LogP contribution in [-0.4, -0.2) is 4.92 Å². The quantitative estimate of drug-likeness (QED) is 0.642. The molecule has 20 heavy (non-hydrogen) atoms. The fourth-order valence-electron chi connectivity index (χ4n) is 1.90. The predicted octanol–water partition coefficient (Wildman–Crippen LogP) is 4.84. The van der Waals surface area contributed by atoms with E-state index in [1.165, 1.54) is 17.7 Å². The van der Waals surface area contributed by atoms with Gasteiger partial charge in [-0.1, -0.05) is 34.1 Å². The molecule has 0 aliphatic heterocycles. The second-order valence-electron chi connectivity index (χ2n) is 4.68. The van der Waals surface area contributed by atoms with Crippen molar-refractivity contribution in [3.8, 4) is 0 Å². The van der Waals surface area contributed by atoms with Crippen LogP contribution < -0.4 is 5.32 Å². The maximum Gasteiger partial charge on any atom is 0.269 e. The fraction of sp³-hybridized carbons (Fsp3) is 0.200. The number of rotatable bonds is 4. The number of nitro benzene ring substituents is 1. The summed E-state index contributed by atoms with van der Waals surface area (Å²) in [6, 6.07) is 12.8. The van der Waals surface area contributed by atoms with Crippen LogP contribution in [0.5, 0.6) is 0 Å². The van der Waals surface area contributed by atoms with Gasteiger partial charge in [0.2, 0.25) is 0 Å². The van der Waals surface area contributed by atoms with Gasteiger partial charge in [0.1, 0.15) is 0 Å². The zero-order valence-corrected chi connectivity index (χ0v) is 12.8. The maximum absolute atomic E-state index is 10.6. The molecule has 2 aromatic carbocycles. The number of nitrogens with one attached hydrogen (secondary N) is 1. The lowest BCUT2D eigenvalue weighted by molar-refractivity contribution is -0.384. The van der Waals surface area contributed by atoms with E-state index in [2.05, 4.69) is 21.2 Å². The highest BCUT2D eigenvalue weighted by Crippen LogP contribution is 2.25. The van der Waals surface area contributed by atoms with Crippen LogP contribution in [0.15, 0.2) is 46.9 Å². The van der Waals surface area contributed by atoms with Crippen molar-refractivity contribution in [2.45, 2.75) is 19.9 Å². The number of halogens is 1. The second-order valence-corrected chi connectivity index (χ2v) is 5.53. The van der Waals surface area contributed by atoms with Gasteiger partial charge in [-0.15, -0.1) is 0 Å². The minimum Gasteiger partial charge on any atom is -0.378 e. The molecule has 4 nitrogen and oxygen atoms in total. The van der Waals surface area contributed by atoms with E-state index in [-0.39, 0.29) is 16.7 Å². The van der Waals surface area contributed by atoms with E-state index in [1.807, 2.05) is 32.0 Å². The predicted molar refractivity (Wildman–Crippen MR) is 84.0 cm³/mol. The highest BCUT2D eigenvalue weighted by molar-refractivity contribution is 9.10. The summed E-state index contributed by atoms with van der Waals surface area (Å²) in [5.41, 5.74) is 3.30. The van der Waals surface area contributed by atoms with Crippen molar-refractivity contribution in [2.24, 2.45) is 0 Å².